The third kappa shape index (κ3) is 5.57. The Morgan fingerprint density at radius 1 is 0.917 bits per heavy atom. The van der Waals surface area contributed by atoms with E-state index in [1.165, 1.54) is 12.0 Å². The van der Waals surface area contributed by atoms with Gasteiger partial charge in [-0.2, -0.15) is 0 Å². The van der Waals surface area contributed by atoms with Crippen molar-refractivity contribution in [3.05, 3.63) is 90.0 Å². The van der Waals surface area contributed by atoms with Gasteiger partial charge in [0.2, 0.25) is 11.8 Å². The van der Waals surface area contributed by atoms with Crippen molar-refractivity contribution in [2.75, 3.05) is 19.5 Å². The third-order valence-corrected chi connectivity index (χ3v) is 5.83. The number of rotatable bonds is 9. The summed E-state index contributed by atoms with van der Waals surface area (Å²) in [7, 11) is 3.06. The Kier molecular flexibility index (Phi) is 7.69. The molecule has 1 heterocycles. The van der Waals surface area contributed by atoms with Gasteiger partial charge in [0.25, 0.3) is 0 Å². The zero-order chi connectivity index (χ0) is 25.5. The zero-order valence-electron chi connectivity index (χ0n) is 20.0. The topological polar surface area (TPSA) is 106 Å². The molecule has 4 rings (SSSR count). The average molecular weight is 490 g/mol. The molecule has 1 fully saturated rings. The highest BCUT2D eigenvalue weighted by molar-refractivity contribution is 6.07. The second-order valence-electron chi connectivity index (χ2n) is 8.13. The Hall–Kier alpha value is -4.53. The van der Waals surface area contributed by atoms with Gasteiger partial charge in [-0.3, -0.25) is 9.59 Å². The average Bonchev–Trinajstić information content (AvgIpc) is 2.91. The molecular formula is C27H27N3O6. The molecule has 0 aliphatic carbocycles. The summed E-state index contributed by atoms with van der Waals surface area (Å²) >= 11 is 0. The molecule has 9 heteroatoms. The van der Waals surface area contributed by atoms with E-state index in [0.29, 0.717) is 22.7 Å². The van der Waals surface area contributed by atoms with Gasteiger partial charge in [-0.15, -0.1) is 0 Å². The molecular weight excluding hydrogens is 462 g/mol. The fraction of sp³-hybridized carbons (Fsp3) is 0.222. The molecule has 1 aliphatic heterocycles. The van der Waals surface area contributed by atoms with Crippen LogP contribution in [0, 0.1) is 0 Å². The van der Waals surface area contributed by atoms with Gasteiger partial charge in [0.15, 0.2) is 0 Å². The van der Waals surface area contributed by atoms with E-state index in [2.05, 4.69) is 10.6 Å². The minimum Gasteiger partial charge on any atom is -0.497 e. The molecule has 186 valence electrons. The number of ether oxygens (including phenoxy) is 3. The minimum atomic E-state index is -1.07. The molecule has 1 saturated heterocycles. The second kappa shape index (κ2) is 11.3. The number of nitrogens with zero attached hydrogens (tertiary/aromatic N) is 1. The molecule has 36 heavy (non-hydrogen) atoms. The molecule has 0 radical (unpaired) electrons. The third-order valence-electron chi connectivity index (χ3n) is 5.83. The van der Waals surface area contributed by atoms with Crippen molar-refractivity contribution in [2.24, 2.45) is 0 Å². The first kappa shape index (κ1) is 24.6. The SMILES string of the molecule is COc1ccc(CN2C(=O)C(NC(=O)OCc3ccccc3)C2C(=O)Nc2ccccc2)c(OC)c1. The number of β-lactam (4-membered cyclic amide) rings is 1. The quantitative estimate of drug-likeness (QED) is 0.447. The number of hydrogen-bond acceptors (Lipinski definition) is 6. The van der Waals surface area contributed by atoms with E-state index in [1.54, 1.807) is 49.6 Å². The highest BCUT2D eigenvalue weighted by Crippen LogP contribution is 2.30. The van der Waals surface area contributed by atoms with Crippen LogP contribution in [0.15, 0.2) is 78.9 Å². The largest absolute Gasteiger partial charge is 0.497 e. The molecule has 0 saturated carbocycles. The van der Waals surface area contributed by atoms with E-state index in [0.717, 1.165) is 5.56 Å². The maximum Gasteiger partial charge on any atom is 0.408 e. The standard InChI is InChI=1S/C27H27N3O6/c1-34-21-14-13-19(22(15-21)35-2)16-30-24(25(31)28-20-11-7-4-8-12-20)23(26(30)32)29-27(33)36-17-18-9-5-3-6-10-18/h3-15,23-24H,16-17H2,1-2H3,(H,28,31)(H,29,33). The number of carbonyl (C=O) groups excluding carboxylic acids is 3. The number of alkyl carbamates (subject to hydrolysis) is 1. The van der Waals surface area contributed by atoms with Crippen molar-refractivity contribution in [1.29, 1.82) is 0 Å². The monoisotopic (exact) mass is 489 g/mol. The van der Waals surface area contributed by atoms with Crippen LogP contribution in [0.2, 0.25) is 0 Å². The maximum absolute atomic E-state index is 13.2. The van der Waals surface area contributed by atoms with Gasteiger partial charge < -0.3 is 29.7 Å². The van der Waals surface area contributed by atoms with Gasteiger partial charge in [0, 0.05) is 17.3 Å². The van der Waals surface area contributed by atoms with Crippen molar-refractivity contribution < 1.29 is 28.6 Å². The number of benzene rings is 3. The first-order valence-electron chi connectivity index (χ1n) is 11.3. The molecule has 2 unspecified atom stereocenters. The van der Waals surface area contributed by atoms with Crippen molar-refractivity contribution in [1.82, 2.24) is 10.2 Å². The summed E-state index contributed by atoms with van der Waals surface area (Å²) in [4.78, 5) is 40.1. The molecule has 1 aliphatic rings. The molecule has 3 aromatic rings. The molecule has 2 N–H and O–H groups in total. The Labute approximate surface area is 209 Å². The van der Waals surface area contributed by atoms with Gasteiger partial charge in [-0.05, 0) is 29.8 Å². The lowest BCUT2D eigenvalue weighted by Crippen LogP contribution is -2.73. The van der Waals surface area contributed by atoms with Crippen molar-refractivity contribution in [3.8, 4) is 11.5 Å². The van der Waals surface area contributed by atoms with Crippen molar-refractivity contribution in [2.45, 2.75) is 25.2 Å². The lowest BCUT2D eigenvalue weighted by atomic mass is 9.92. The minimum absolute atomic E-state index is 0.0429. The van der Waals surface area contributed by atoms with E-state index in [9.17, 15) is 14.4 Å². The zero-order valence-corrected chi connectivity index (χ0v) is 20.0. The predicted octanol–water partition coefficient (Wildman–Crippen LogP) is 3.35. The summed E-state index contributed by atoms with van der Waals surface area (Å²) in [6.45, 7) is 0.150. The van der Waals surface area contributed by atoms with Gasteiger partial charge in [0.1, 0.15) is 30.2 Å². The molecule has 0 aromatic heterocycles. The molecule has 0 bridgehead atoms. The van der Waals surface area contributed by atoms with Gasteiger partial charge >= 0.3 is 6.09 Å². The van der Waals surface area contributed by atoms with Crippen LogP contribution in [0.1, 0.15) is 11.1 Å². The second-order valence-corrected chi connectivity index (χ2v) is 8.13. The van der Waals surface area contributed by atoms with Gasteiger partial charge in [0.05, 0.1) is 20.8 Å². The first-order chi connectivity index (χ1) is 17.5. The Morgan fingerprint density at radius 3 is 2.28 bits per heavy atom. The lowest BCUT2D eigenvalue weighted by Gasteiger charge is -2.45. The number of para-hydroxylation sites is 1. The van der Waals surface area contributed by atoms with Gasteiger partial charge in [-0.1, -0.05) is 48.5 Å². The van der Waals surface area contributed by atoms with E-state index in [4.69, 9.17) is 14.2 Å². The maximum atomic E-state index is 13.2. The lowest BCUT2D eigenvalue weighted by molar-refractivity contribution is -0.157. The summed E-state index contributed by atoms with van der Waals surface area (Å²) in [6.07, 6.45) is -0.781. The smallest absolute Gasteiger partial charge is 0.408 e. The van der Waals surface area contributed by atoms with Gasteiger partial charge in [-0.25, -0.2) is 4.79 Å². The summed E-state index contributed by atoms with van der Waals surface area (Å²) < 4.78 is 15.9. The predicted molar refractivity (Wildman–Crippen MR) is 133 cm³/mol. The van der Waals surface area contributed by atoms with Crippen LogP contribution in [-0.4, -0.2) is 49.1 Å². The molecule has 3 aromatic carbocycles. The molecule has 2 atom stereocenters. The van der Waals surface area contributed by atoms with E-state index < -0.39 is 30.0 Å². The normalized spacial score (nSPS) is 16.5. The summed E-state index contributed by atoms with van der Waals surface area (Å²) in [5.41, 5.74) is 2.07. The Bertz CT molecular complexity index is 1220. The number of nitrogens with one attached hydrogen (secondary N) is 2. The Morgan fingerprint density at radius 2 is 1.61 bits per heavy atom. The van der Waals surface area contributed by atoms with E-state index in [-0.39, 0.29) is 13.2 Å². The van der Waals surface area contributed by atoms with Crippen molar-refractivity contribution in [3.63, 3.8) is 0 Å². The fourth-order valence-electron chi connectivity index (χ4n) is 3.95. The van der Waals surface area contributed by atoms with E-state index >= 15 is 0 Å². The van der Waals surface area contributed by atoms with Crippen LogP contribution in [0.4, 0.5) is 10.5 Å². The fourth-order valence-corrected chi connectivity index (χ4v) is 3.95. The summed E-state index contributed by atoms with van der Waals surface area (Å²) in [6, 6.07) is 21.3. The van der Waals surface area contributed by atoms with Crippen LogP contribution < -0.4 is 20.1 Å². The van der Waals surface area contributed by atoms with Crippen LogP contribution in [0.25, 0.3) is 0 Å². The highest BCUT2D eigenvalue weighted by Gasteiger charge is 2.52. The number of anilines is 1. The number of methoxy groups -OCH3 is 2. The Balaban J connectivity index is 1.50. The number of carbonyl (C=O) groups is 3. The summed E-state index contributed by atoms with van der Waals surface area (Å²) in [5, 5.41) is 5.36. The van der Waals surface area contributed by atoms with Crippen LogP contribution >= 0.6 is 0 Å². The highest BCUT2D eigenvalue weighted by atomic mass is 16.5. The molecule has 0 spiro atoms. The summed E-state index contributed by atoms with van der Waals surface area (Å²) in [5.74, 6) is 0.284. The van der Waals surface area contributed by atoms with E-state index in [1.807, 2.05) is 36.4 Å². The molecule has 3 amide bonds. The van der Waals surface area contributed by atoms with Crippen LogP contribution in [0.3, 0.4) is 0 Å². The number of amides is 3. The number of hydrogen-bond donors (Lipinski definition) is 2. The molecule has 9 nitrogen and oxygen atoms in total. The van der Waals surface area contributed by atoms with Crippen molar-refractivity contribution >= 4 is 23.6 Å². The van der Waals surface area contributed by atoms with Crippen LogP contribution in [-0.2, 0) is 27.5 Å². The van der Waals surface area contributed by atoms with Crippen LogP contribution in [0.5, 0.6) is 11.5 Å². The first-order valence-corrected chi connectivity index (χ1v) is 11.3. The number of likely N-dealkylation sites (tertiary alicyclic amines) is 1.